The first kappa shape index (κ1) is 36.8. The molecule has 0 N–H and O–H groups in total. The molecule has 1 aliphatic heterocycles. The molecule has 7 heteroatoms. The molecule has 1 aliphatic carbocycles. The molecule has 0 fully saturated rings. The molecule has 2 atom stereocenters. The van der Waals surface area contributed by atoms with Gasteiger partial charge in [0.1, 0.15) is 0 Å². The lowest BCUT2D eigenvalue weighted by Gasteiger charge is -2.34. The van der Waals surface area contributed by atoms with E-state index in [1.165, 1.54) is 0 Å². The van der Waals surface area contributed by atoms with Gasteiger partial charge in [-0.1, -0.05) is 127 Å². The minimum Gasteiger partial charge on any atom is -0.478 e. The number of fused-ring (bicyclic) bond motifs is 2. The van der Waals surface area contributed by atoms with Gasteiger partial charge in [0.15, 0.2) is 41.2 Å². The number of allylic oxidation sites excluding steroid dienone is 2. The fraction of sp³-hybridized carbons (Fsp3) is 0.0364. The predicted molar refractivity (Wildman–Crippen MR) is 246 cm³/mol. The maximum Gasteiger partial charge on any atom is 0.174 e. The predicted octanol–water partition coefficient (Wildman–Crippen LogP) is 12.6. The second-order valence-electron chi connectivity index (χ2n) is 15.2. The number of benzene rings is 6. The van der Waals surface area contributed by atoms with Crippen LogP contribution in [0.2, 0.25) is 0 Å². The molecule has 11 rings (SSSR count). The molecule has 0 spiro atoms. The monoisotopic (exact) mass is 799 g/mol. The third kappa shape index (κ3) is 7.22. The van der Waals surface area contributed by atoms with Gasteiger partial charge in [-0.3, -0.25) is 9.97 Å². The summed E-state index contributed by atoms with van der Waals surface area (Å²) in [4.78, 5) is 25.0. The first-order valence-electron chi connectivity index (χ1n) is 20.6. The third-order valence-corrected chi connectivity index (χ3v) is 11.2. The van der Waals surface area contributed by atoms with E-state index in [4.69, 9.17) is 34.4 Å². The Morgan fingerprint density at radius 2 is 0.774 bits per heavy atom. The minimum absolute atomic E-state index is 0.330. The summed E-state index contributed by atoms with van der Waals surface area (Å²) < 4.78 is 13.9. The van der Waals surface area contributed by atoms with E-state index in [0.717, 1.165) is 67.0 Å². The number of aromatic nitrogens is 5. The standard InChI is InChI=1S/C55H37N5O2/c1-3-14-36(15-4-1)38-24-26-39(27-25-38)53-58-54(41-19-13-18-40(32-41)37-16-5-2-6-17-37)60-55(59-53)46-29-28-45(51-52(46)62-50-23-8-7-22-49(50)61-51)42-33-43(47-20-9-11-30-56-47)35-44(34-42)48-21-10-12-31-57-48/h1-35,49-50H. The Kier molecular flexibility index (Phi) is 9.52. The van der Waals surface area contributed by atoms with Gasteiger partial charge < -0.3 is 9.47 Å². The first-order valence-corrected chi connectivity index (χ1v) is 20.6. The average molecular weight is 800 g/mol. The first-order chi connectivity index (χ1) is 30.7. The zero-order chi connectivity index (χ0) is 41.2. The fourth-order valence-electron chi connectivity index (χ4n) is 8.06. The normalized spacial score (nSPS) is 14.9. The summed E-state index contributed by atoms with van der Waals surface area (Å²) in [5.41, 5.74) is 12.3. The van der Waals surface area contributed by atoms with Crippen molar-refractivity contribution in [3.63, 3.8) is 0 Å². The summed E-state index contributed by atoms with van der Waals surface area (Å²) in [6, 6.07) is 59.8. The highest BCUT2D eigenvalue weighted by Crippen LogP contribution is 2.49. The van der Waals surface area contributed by atoms with Crippen LogP contribution in [0.4, 0.5) is 0 Å². The van der Waals surface area contributed by atoms with Crippen molar-refractivity contribution in [1.82, 2.24) is 24.9 Å². The van der Waals surface area contributed by atoms with Crippen LogP contribution in [0.3, 0.4) is 0 Å². The van der Waals surface area contributed by atoms with Crippen LogP contribution in [-0.4, -0.2) is 37.1 Å². The van der Waals surface area contributed by atoms with Crippen molar-refractivity contribution >= 4 is 0 Å². The van der Waals surface area contributed by atoms with E-state index >= 15 is 0 Å². The second-order valence-corrected chi connectivity index (χ2v) is 15.2. The molecule has 2 aliphatic rings. The molecular weight excluding hydrogens is 763 g/mol. The van der Waals surface area contributed by atoms with Crippen molar-refractivity contribution in [2.24, 2.45) is 0 Å². The number of hydrogen-bond donors (Lipinski definition) is 0. The van der Waals surface area contributed by atoms with Gasteiger partial charge in [0.2, 0.25) is 0 Å². The Balaban J connectivity index is 1.10. The summed E-state index contributed by atoms with van der Waals surface area (Å²) in [6.07, 6.45) is 11.0. The van der Waals surface area contributed by atoms with Crippen molar-refractivity contribution in [2.75, 3.05) is 0 Å². The topological polar surface area (TPSA) is 82.9 Å². The van der Waals surface area contributed by atoms with Gasteiger partial charge in [-0.05, 0) is 101 Å². The number of pyridine rings is 2. The Bertz CT molecular complexity index is 3060. The van der Waals surface area contributed by atoms with E-state index in [-0.39, 0.29) is 12.2 Å². The molecule has 9 aromatic rings. The highest BCUT2D eigenvalue weighted by atomic mass is 16.6. The fourth-order valence-corrected chi connectivity index (χ4v) is 8.06. The molecule has 0 saturated carbocycles. The van der Waals surface area contributed by atoms with Crippen LogP contribution in [0.5, 0.6) is 11.5 Å². The van der Waals surface area contributed by atoms with E-state index in [2.05, 4.69) is 84.9 Å². The van der Waals surface area contributed by atoms with Crippen molar-refractivity contribution in [3.8, 4) is 102 Å². The lowest BCUT2D eigenvalue weighted by Crippen LogP contribution is -2.38. The number of ether oxygens (including phenoxy) is 2. The molecule has 0 bridgehead atoms. The van der Waals surface area contributed by atoms with Crippen LogP contribution in [0.15, 0.2) is 213 Å². The molecule has 6 aromatic carbocycles. The second kappa shape index (κ2) is 16.0. The van der Waals surface area contributed by atoms with Crippen molar-refractivity contribution in [1.29, 1.82) is 0 Å². The molecule has 3 aromatic heterocycles. The summed E-state index contributed by atoms with van der Waals surface area (Å²) in [5.74, 6) is 2.73. The summed E-state index contributed by atoms with van der Waals surface area (Å²) in [6.45, 7) is 0. The highest BCUT2D eigenvalue weighted by Gasteiger charge is 2.34. The van der Waals surface area contributed by atoms with Crippen LogP contribution < -0.4 is 9.47 Å². The van der Waals surface area contributed by atoms with Crippen LogP contribution >= 0.6 is 0 Å². The van der Waals surface area contributed by atoms with Crippen LogP contribution in [0, 0.1) is 0 Å². The molecule has 0 amide bonds. The van der Waals surface area contributed by atoms with Crippen molar-refractivity contribution in [2.45, 2.75) is 12.2 Å². The molecule has 2 unspecified atom stereocenters. The minimum atomic E-state index is -0.348. The Morgan fingerprint density at radius 3 is 1.39 bits per heavy atom. The van der Waals surface area contributed by atoms with E-state index in [1.54, 1.807) is 0 Å². The SMILES string of the molecule is C1=CC2Oc3c(-c4cc(-c5ccccn5)cc(-c5ccccn5)c4)ccc(-c4nc(-c5ccc(-c6ccccc6)cc5)nc(-c5cccc(-c6ccccc6)c5)n4)c3OC2C=C1. The summed E-state index contributed by atoms with van der Waals surface area (Å²) >= 11 is 0. The van der Waals surface area contributed by atoms with E-state index in [9.17, 15) is 0 Å². The molecule has 7 nitrogen and oxygen atoms in total. The Labute approximate surface area is 359 Å². The van der Waals surface area contributed by atoms with Gasteiger partial charge in [0, 0.05) is 40.2 Å². The van der Waals surface area contributed by atoms with Gasteiger partial charge in [0.25, 0.3) is 0 Å². The van der Waals surface area contributed by atoms with Crippen LogP contribution in [0.1, 0.15) is 0 Å². The Hall–Kier alpha value is -8.29. The average Bonchev–Trinajstić information content (AvgIpc) is 3.36. The maximum absolute atomic E-state index is 6.96. The maximum atomic E-state index is 6.96. The zero-order valence-electron chi connectivity index (χ0n) is 33.4. The largest absolute Gasteiger partial charge is 0.478 e. The molecule has 0 saturated heterocycles. The van der Waals surface area contributed by atoms with Gasteiger partial charge >= 0.3 is 0 Å². The van der Waals surface area contributed by atoms with Crippen molar-refractivity contribution < 1.29 is 9.47 Å². The lowest BCUT2D eigenvalue weighted by atomic mass is 9.94. The highest BCUT2D eigenvalue weighted by molar-refractivity contribution is 5.87. The zero-order valence-corrected chi connectivity index (χ0v) is 33.4. The lowest BCUT2D eigenvalue weighted by molar-refractivity contribution is 0.0769. The molecule has 4 heterocycles. The summed E-state index contributed by atoms with van der Waals surface area (Å²) in [5, 5.41) is 0. The molecule has 62 heavy (non-hydrogen) atoms. The van der Waals surface area contributed by atoms with Gasteiger partial charge in [-0.25, -0.2) is 15.0 Å². The van der Waals surface area contributed by atoms with Crippen molar-refractivity contribution in [3.05, 3.63) is 213 Å². The molecular formula is C55H37N5O2. The number of rotatable bonds is 8. The third-order valence-electron chi connectivity index (χ3n) is 11.2. The smallest absolute Gasteiger partial charge is 0.174 e. The number of hydrogen-bond acceptors (Lipinski definition) is 7. The van der Waals surface area contributed by atoms with Gasteiger partial charge in [-0.15, -0.1) is 0 Å². The van der Waals surface area contributed by atoms with Gasteiger partial charge in [0.05, 0.1) is 17.0 Å². The Morgan fingerprint density at radius 1 is 0.323 bits per heavy atom. The molecule has 0 radical (unpaired) electrons. The summed E-state index contributed by atoms with van der Waals surface area (Å²) in [7, 11) is 0. The van der Waals surface area contributed by atoms with Crippen LogP contribution in [-0.2, 0) is 0 Å². The van der Waals surface area contributed by atoms with E-state index < -0.39 is 0 Å². The number of nitrogens with zero attached hydrogens (tertiary/aromatic N) is 5. The van der Waals surface area contributed by atoms with Crippen LogP contribution in [0.25, 0.3) is 90.1 Å². The van der Waals surface area contributed by atoms with Gasteiger partial charge in [-0.2, -0.15) is 0 Å². The van der Waals surface area contributed by atoms with E-state index in [0.29, 0.717) is 34.5 Å². The quantitative estimate of drug-likeness (QED) is 0.151. The van der Waals surface area contributed by atoms with E-state index in [1.807, 2.05) is 128 Å². The molecule has 294 valence electrons.